The van der Waals surface area contributed by atoms with Gasteiger partial charge in [0.15, 0.2) is 5.82 Å². The smallest absolute Gasteiger partial charge is 0.223 e. The maximum Gasteiger partial charge on any atom is 0.223 e. The van der Waals surface area contributed by atoms with Crippen molar-refractivity contribution in [2.24, 2.45) is 0 Å². The highest BCUT2D eigenvalue weighted by Gasteiger charge is 2.13. The highest BCUT2D eigenvalue weighted by Crippen LogP contribution is 2.31. The van der Waals surface area contributed by atoms with Crippen LogP contribution in [0.1, 0.15) is 5.56 Å². The van der Waals surface area contributed by atoms with E-state index in [2.05, 4.69) is 9.97 Å². The first-order valence-corrected chi connectivity index (χ1v) is 5.21. The Bertz CT molecular complexity index is 586. The van der Waals surface area contributed by atoms with E-state index in [1.807, 2.05) is 0 Å². The molecule has 0 saturated carbocycles. The molecule has 0 aliphatic heterocycles. The van der Waals surface area contributed by atoms with Crippen molar-refractivity contribution in [3.63, 3.8) is 0 Å². The van der Waals surface area contributed by atoms with Gasteiger partial charge in [0.2, 0.25) is 5.28 Å². The summed E-state index contributed by atoms with van der Waals surface area (Å²) < 4.78 is 13.6. The van der Waals surface area contributed by atoms with Gasteiger partial charge in [-0.2, -0.15) is 0 Å². The molecule has 2 rings (SSSR count). The lowest BCUT2D eigenvalue weighted by Crippen LogP contribution is -2.01. The van der Waals surface area contributed by atoms with Crippen LogP contribution in [0.2, 0.25) is 5.28 Å². The third-order valence-corrected chi connectivity index (χ3v) is 2.70. The Kier molecular flexibility index (Phi) is 2.85. The number of benzene rings is 1. The van der Waals surface area contributed by atoms with Gasteiger partial charge in [-0.25, -0.2) is 14.4 Å². The molecule has 0 radical (unpaired) electrons. The van der Waals surface area contributed by atoms with Crippen LogP contribution in [0.5, 0.6) is 0 Å². The topological polar surface area (TPSA) is 77.8 Å². The second kappa shape index (κ2) is 4.18. The van der Waals surface area contributed by atoms with Gasteiger partial charge in [-0.15, -0.1) is 0 Å². The second-order valence-electron chi connectivity index (χ2n) is 3.58. The predicted molar refractivity (Wildman–Crippen MR) is 66.0 cm³/mol. The van der Waals surface area contributed by atoms with Gasteiger partial charge in [0.05, 0.1) is 17.6 Å². The van der Waals surface area contributed by atoms with E-state index >= 15 is 0 Å². The molecule has 1 aromatic heterocycles. The molecule has 4 nitrogen and oxygen atoms in total. The molecule has 1 heterocycles. The van der Waals surface area contributed by atoms with E-state index < -0.39 is 5.82 Å². The summed E-state index contributed by atoms with van der Waals surface area (Å²) in [5.74, 6) is -0.554. The van der Waals surface area contributed by atoms with E-state index in [1.165, 1.54) is 0 Å². The molecule has 0 atom stereocenters. The lowest BCUT2D eigenvalue weighted by Gasteiger charge is -2.10. The Morgan fingerprint density at radius 1 is 1.29 bits per heavy atom. The zero-order chi connectivity index (χ0) is 12.6. The van der Waals surface area contributed by atoms with Crippen LogP contribution in [0.25, 0.3) is 11.3 Å². The van der Waals surface area contributed by atoms with E-state index in [1.54, 1.807) is 19.1 Å². The van der Waals surface area contributed by atoms with Crippen molar-refractivity contribution >= 4 is 23.0 Å². The monoisotopic (exact) mass is 252 g/mol. The summed E-state index contributed by atoms with van der Waals surface area (Å²) in [6, 6.07) is 3.26. The lowest BCUT2D eigenvalue weighted by atomic mass is 10.0. The molecule has 4 N–H and O–H groups in total. The number of hydrogen-bond acceptors (Lipinski definition) is 4. The molecule has 2 aromatic rings. The largest absolute Gasteiger partial charge is 0.397 e. The highest BCUT2D eigenvalue weighted by atomic mass is 35.5. The van der Waals surface area contributed by atoms with Crippen LogP contribution >= 0.6 is 11.6 Å². The Balaban J connectivity index is 2.69. The van der Waals surface area contributed by atoms with Crippen LogP contribution < -0.4 is 11.5 Å². The standard InChI is InChI=1S/C11H10ClFN4/c1-5-6(2-3-8(14)9(5)15)10-7(13)4-16-11(12)17-10/h2-4H,14-15H2,1H3. The Hall–Kier alpha value is -1.88. The summed E-state index contributed by atoms with van der Waals surface area (Å²) in [5.41, 5.74) is 13.6. The zero-order valence-corrected chi connectivity index (χ0v) is 9.79. The maximum absolute atomic E-state index is 13.6. The molecule has 0 bridgehead atoms. The fourth-order valence-electron chi connectivity index (χ4n) is 1.54. The fraction of sp³-hybridized carbons (Fsp3) is 0.0909. The molecule has 0 aliphatic carbocycles. The maximum atomic E-state index is 13.6. The van der Waals surface area contributed by atoms with Crippen LogP contribution in [0, 0.1) is 12.7 Å². The number of nitrogens with zero attached hydrogens (tertiary/aromatic N) is 2. The van der Waals surface area contributed by atoms with E-state index in [-0.39, 0.29) is 11.0 Å². The number of aromatic nitrogens is 2. The molecule has 0 saturated heterocycles. The molecule has 88 valence electrons. The molecular weight excluding hydrogens is 243 g/mol. The van der Waals surface area contributed by atoms with E-state index in [9.17, 15) is 4.39 Å². The third-order valence-electron chi connectivity index (χ3n) is 2.52. The summed E-state index contributed by atoms with van der Waals surface area (Å²) in [7, 11) is 0. The summed E-state index contributed by atoms with van der Waals surface area (Å²) in [4.78, 5) is 7.42. The van der Waals surface area contributed by atoms with Gasteiger partial charge >= 0.3 is 0 Å². The van der Waals surface area contributed by atoms with Crippen LogP contribution in [0.15, 0.2) is 18.3 Å². The van der Waals surface area contributed by atoms with Gasteiger partial charge in [0.1, 0.15) is 5.69 Å². The van der Waals surface area contributed by atoms with Gasteiger partial charge in [0.25, 0.3) is 0 Å². The first-order valence-electron chi connectivity index (χ1n) is 4.83. The Morgan fingerprint density at radius 2 is 2.00 bits per heavy atom. The van der Waals surface area contributed by atoms with Crippen molar-refractivity contribution in [1.82, 2.24) is 9.97 Å². The number of anilines is 2. The number of halogens is 2. The van der Waals surface area contributed by atoms with Crippen molar-refractivity contribution < 1.29 is 4.39 Å². The number of nitrogen functional groups attached to an aromatic ring is 2. The van der Waals surface area contributed by atoms with Crippen molar-refractivity contribution in [3.05, 3.63) is 35.0 Å². The normalized spacial score (nSPS) is 10.5. The van der Waals surface area contributed by atoms with Crippen LogP contribution in [0.4, 0.5) is 15.8 Å². The van der Waals surface area contributed by atoms with Gasteiger partial charge in [-0.1, -0.05) is 6.07 Å². The first-order chi connectivity index (χ1) is 8.00. The summed E-state index contributed by atoms with van der Waals surface area (Å²) in [6.07, 6.45) is 1.02. The third kappa shape index (κ3) is 2.01. The summed E-state index contributed by atoms with van der Waals surface area (Å²) >= 11 is 5.65. The second-order valence-corrected chi connectivity index (χ2v) is 3.91. The molecule has 0 unspecified atom stereocenters. The average molecular weight is 253 g/mol. The SMILES string of the molecule is Cc1c(-c2nc(Cl)ncc2F)ccc(N)c1N. The average Bonchev–Trinajstić information content (AvgIpc) is 2.30. The Morgan fingerprint density at radius 3 is 2.71 bits per heavy atom. The molecule has 17 heavy (non-hydrogen) atoms. The minimum absolute atomic E-state index is 0.0174. The molecular formula is C11H10ClFN4. The molecule has 0 amide bonds. The minimum Gasteiger partial charge on any atom is -0.397 e. The molecule has 0 spiro atoms. The van der Waals surface area contributed by atoms with Gasteiger partial charge < -0.3 is 11.5 Å². The zero-order valence-electron chi connectivity index (χ0n) is 9.04. The first kappa shape index (κ1) is 11.6. The quantitative estimate of drug-likeness (QED) is 0.603. The molecule has 0 fully saturated rings. The lowest BCUT2D eigenvalue weighted by molar-refractivity contribution is 0.618. The van der Waals surface area contributed by atoms with Crippen LogP contribution in [0.3, 0.4) is 0 Å². The van der Waals surface area contributed by atoms with Crippen LogP contribution in [-0.2, 0) is 0 Å². The minimum atomic E-state index is -0.554. The van der Waals surface area contributed by atoms with E-state index in [4.69, 9.17) is 23.1 Å². The molecule has 1 aromatic carbocycles. The van der Waals surface area contributed by atoms with Crippen molar-refractivity contribution in [1.29, 1.82) is 0 Å². The number of nitrogens with two attached hydrogens (primary N) is 2. The Labute approximate surface area is 102 Å². The predicted octanol–water partition coefficient (Wildman–Crippen LogP) is 2.41. The van der Waals surface area contributed by atoms with Crippen molar-refractivity contribution in [2.45, 2.75) is 6.92 Å². The number of rotatable bonds is 1. The van der Waals surface area contributed by atoms with E-state index in [0.717, 1.165) is 6.20 Å². The molecule has 0 aliphatic rings. The van der Waals surface area contributed by atoms with Gasteiger partial charge in [0, 0.05) is 5.56 Å². The van der Waals surface area contributed by atoms with E-state index in [0.29, 0.717) is 22.5 Å². The van der Waals surface area contributed by atoms with Gasteiger partial charge in [-0.05, 0) is 30.2 Å². The number of hydrogen-bond donors (Lipinski definition) is 2. The summed E-state index contributed by atoms with van der Waals surface area (Å²) in [5, 5.41) is -0.0174. The van der Waals surface area contributed by atoms with Gasteiger partial charge in [-0.3, -0.25) is 0 Å². The highest BCUT2D eigenvalue weighted by molar-refractivity contribution is 6.28. The van der Waals surface area contributed by atoms with Crippen molar-refractivity contribution in [2.75, 3.05) is 11.5 Å². The summed E-state index contributed by atoms with van der Waals surface area (Å²) in [6.45, 7) is 1.75. The fourth-order valence-corrected chi connectivity index (χ4v) is 1.67. The van der Waals surface area contributed by atoms with Crippen LogP contribution in [-0.4, -0.2) is 9.97 Å². The molecule has 6 heteroatoms. The van der Waals surface area contributed by atoms with Crippen molar-refractivity contribution in [3.8, 4) is 11.3 Å².